The summed E-state index contributed by atoms with van der Waals surface area (Å²) in [5, 5.41) is 10.5. The highest BCUT2D eigenvalue weighted by Gasteiger charge is 2.18. The Balaban J connectivity index is 1.43. The number of hydrogen-bond donors (Lipinski definition) is 1. The molecule has 6 nitrogen and oxygen atoms in total. The number of Topliss-reactive ketones (excluding diaryl/α,β-unsaturated/α-hetero) is 1. The van der Waals surface area contributed by atoms with E-state index in [0.29, 0.717) is 21.8 Å². The molecule has 0 radical (unpaired) electrons. The number of nitrogens with one attached hydrogen (secondary N) is 1. The molecule has 2 aromatic heterocycles. The first-order valence-electron chi connectivity index (χ1n) is 9.03. The first kappa shape index (κ1) is 19.5. The number of para-hydroxylation sites is 2. The minimum Gasteiger partial charge on any atom is -0.484 e. The lowest BCUT2D eigenvalue weighted by Gasteiger charge is -2.07. The molecule has 0 amide bonds. The van der Waals surface area contributed by atoms with E-state index in [0.717, 1.165) is 22.2 Å². The molecule has 0 atom stereocenters. The van der Waals surface area contributed by atoms with Gasteiger partial charge in [0, 0.05) is 29.2 Å². The summed E-state index contributed by atoms with van der Waals surface area (Å²) in [5.41, 5.74) is 2.58. The molecule has 0 unspecified atom stereocenters. The predicted molar refractivity (Wildman–Crippen MR) is 115 cm³/mol. The standard InChI is InChI=1S/C21H19ClN4O2S/c1-13-20(14-7-3-5-9-16(14)23-13)17(27)12-29-21-25-24-19(26(21)2)11-28-18-10-6-4-8-15(18)22/h3-10,23H,11-12H2,1-2H3. The summed E-state index contributed by atoms with van der Waals surface area (Å²) < 4.78 is 7.56. The number of aryl methyl sites for hydroxylation is 1. The van der Waals surface area contributed by atoms with Gasteiger partial charge in [-0.25, -0.2) is 0 Å². The third-order valence-corrected chi connectivity index (χ3v) is 5.96. The minimum absolute atomic E-state index is 0.0572. The van der Waals surface area contributed by atoms with Crippen LogP contribution in [0, 0.1) is 6.92 Å². The molecule has 0 spiro atoms. The fourth-order valence-electron chi connectivity index (χ4n) is 3.14. The van der Waals surface area contributed by atoms with E-state index in [4.69, 9.17) is 16.3 Å². The number of halogens is 1. The Morgan fingerprint density at radius 2 is 1.93 bits per heavy atom. The van der Waals surface area contributed by atoms with Crippen molar-refractivity contribution < 1.29 is 9.53 Å². The van der Waals surface area contributed by atoms with Crippen LogP contribution in [-0.4, -0.2) is 31.3 Å². The van der Waals surface area contributed by atoms with Crippen molar-refractivity contribution in [3.8, 4) is 5.75 Å². The highest BCUT2D eigenvalue weighted by molar-refractivity contribution is 7.99. The molecular weight excluding hydrogens is 408 g/mol. The molecule has 0 saturated heterocycles. The van der Waals surface area contributed by atoms with Gasteiger partial charge in [-0.2, -0.15) is 0 Å². The van der Waals surface area contributed by atoms with Gasteiger partial charge >= 0.3 is 0 Å². The zero-order valence-corrected chi connectivity index (χ0v) is 17.5. The number of rotatable bonds is 7. The lowest BCUT2D eigenvalue weighted by atomic mass is 10.1. The van der Waals surface area contributed by atoms with Crippen LogP contribution in [0.4, 0.5) is 0 Å². The van der Waals surface area contributed by atoms with Gasteiger partial charge in [-0.15, -0.1) is 10.2 Å². The van der Waals surface area contributed by atoms with Crippen LogP contribution in [-0.2, 0) is 13.7 Å². The van der Waals surface area contributed by atoms with Crippen LogP contribution in [0.25, 0.3) is 10.9 Å². The van der Waals surface area contributed by atoms with Crippen LogP contribution in [0.2, 0.25) is 5.02 Å². The summed E-state index contributed by atoms with van der Waals surface area (Å²) in [6.45, 7) is 2.16. The number of ketones is 1. The number of carbonyl (C=O) groups is 1. The van der Waals surface area contributed by atoms with Crippen molar-refractivity contribution in [3.05, 3.63) is 70.6 Å². The van der Waals surface area contributed by atoms with E-state index in [1.807, 2.05) is 54.9 Å². The number of aromatic nitrogens is 4. The van der Waals surface area contributed by atoms with Crippen LogP contribution in [0.5, 0.6) is 5.75 Å². The molecule has 4 rings (SSSR count). The Hall–Kier alpha value is -2.77. The molecule has 0 aliphatic carbocycles. The Kier molecular flexibility index (Phi) is 5.60. The molecule has 0 bridgehead atoms. The summed E-state index contributed by atoms with van der Waals surface area (Å²) in [5.74, 6) is 1.58. The minimum atomic E-state index is 0.0572. The summed E-state index contributed by atoms with van der Waals surface area (Å²) >= 11 is 7.47. The molecule has 8 heteroatoms. The molecule has 1 N–H and O–H groups in total. The van der Waals surface area contributed by atoms with E-state index in [1.54, 1.807) is 12.1 Å². The van der Waals surface area contributed by atoms with Crippen LogP contribution in [0.1, 0.15) is 21.9 Å². The van der Waals surface area contributed by atoms with E-state index >= 15 is 0 Å². The zero-order valence-electron chi connectivity index (χ0n) is 16.0. The molecule has 4 aromatic rings. The van der Waals surface area contributed by atoms with Gasteiger partial charge in [0.2, 0.25) is 0 Å². The van der Waals surface area contributed by atoms with Crippen molar-refractivity contribution in [2.24, 2.45) is 7.05 Å². The molecule has 0 saturated carbocycles. The monoisotopic (exact) mass is 426 g/mol. The van der Waals surface area contributed by atoms with Crippen LogP contribution in [0.3, 0.4) is 0 Å². The molecule has 0 aliphatic rings. The first-order chi connectivity index (χ1) is 14.0. The van der Waals surface area contributed by atoms with Crippen LogP contribution < -0.4 is 4.74 Å². The molecular formula is C21H19ClN4O2S. The van der Waals surface area contributed by atoms with Crippen molar-refractivity contribution >= 4 is 40.0 Å². The molecule has 2 aromatic carbocycles. The number of thioether (sulfide) groups is 1. The SMILES string of the molecule is Cc1[nH]c2ccccc2c1C(=O)CSc1nnc(COc2ccccc2Cl)n1C. The summed E-state index contributed by atoms with van der Waals surface area (Å²) in [4.78, 5) is 16.1. The van der Waals surface area contributed by atoms with Crippen molar-refractivity contribution in [3.63, 3.8) is 0 Å². The molecule has 0 aliphatic heterocycles. The number of H-pyrrole nitrogens is 1. The van der Waals surface area contributed by atoms with Crippen molar-refractivity contribution in [2.45, 2.75) is 18.7 Å². The van der Waals surface area contributed by atoms with E-state index < -0.39 is 0 Å². The van der Waals surface area contributed by atoms with Crippen LogP contribution >= 0.6 is 23.4 Å². The number of benzene rings is 2. The maximum Gasteiger partial charge on any atom is 0.191 e. The van der Waals surface area contributed by atoms with E-state index in [1.165, 1.54) is 11.8 Å². The van der Waals surface area contributed by atoms with Gasteiger partial charge in [-0.05, 0) is 25.1 Å². The molecule has 0 fully saturated rings. The number of fused-ring (bicyclic) bond motifs is 1. The second-order valence-electron chi connectivity index (χ2n) is 6.56. The second kappa shape index (κ2) is 8.31. The summed E-state index contributed by atoms with van der Waals surface area (Å²) in [6.07, 6.45) is 0. The third kappa shape index (κ3) is 4.02. The molecule has 29 heavy (non-hydrogen) atoms. The van der Waals surface area contributed by atoms with Crippen molar-refractivity contribution in [2.75, 3.05) is 5.75 Å². The van der Waals surface area contributed by atoms with Crippen LogP contribution in [0.15, 0.2) is 53.7 Å². The largest absolute Gasteiger partial charge is 0.484 e. The average molecular weight is 427 g/mol. The van der Waals surface area contributed by atoms with E-state index in [2.05, 4.69) is 15.2 Å². The summed E-state index contributed by atoms with van der Waals surface area (Å²) in [6, 6.07) is 15.1. The van der Waals surface area contributed by atoms with Gasteiger partial charge in [0.1, 0.15) is 12.4 Å². The predicted octanol–water partition coefficient (Wildman–Crippen LogP) is 4.81. The fraction of sp³-hybridized carbons (Fsp3) is 0.190. The quantitative estimate of drug-likeness (QED) is 0.339. The number of aromatic amines is 1. The number of nitrogens with zero attached hydrogens (tertiary/aromatic N) is 3. The summed E-state index contributed by atoms with van der Waals surface area (Å²) in [7, 11) is 1.86. The van der Waals surface area contributed by atoms with Crippen molar-refractivity contribution in [1.82, 2.24) is 19.7 Å². The lowest BCUT2D eigenvalue weighted by Crippen LogP contribution is -2.07. The van der Waals surface area contributed by atoms with Gasteiger partial charge in [0.05, 0.1) is 10.8 Å². The van der Waals surface area contributed by atoms with Gasteiger partial charge in [0.25, 0.3) is 0 Å². The first-order valence-corrected chi connectivity index (χ1v) is 10.4. The topological polar surface area (TPSA) is 72.8 Å². The van der Waals surface area contributed by atoms with Gasteiger partial charge in [-0.3, -0.25) is 4.79 Å². The van der Waals surface area contributed by atoms with E-state index in [-0.39, 0.29) is 18.1 Å². The third-order valence-electron chi connectivity index (χ3n) is 4.62. The smallest absolute Gasteiger partial charge is 0.191 e. The van der Waals surface area contributed by atoms with Gasteiger partial charge < -0.3 is 14.3 Å². The Morgan fingerprint density at radius 3 is 2.76 bits per heavy atom. The Labute approximate surface area is 177 Å². The molecule has 2 heterocycles. The maximum absolute atomic E-state index is 12.8. The normalized spacial score (nSPS) is 11.1. The Bertz CT molecular complexity index is 1180. The van der Waals surface area contributed by atoms with Gasteiger partial charge in [0.15, 0.2) is 16.8 Å². The van der Waals surface area contributed by atoms with Gasteiger partial charge in [-0.1, -0.05) is 53.7 Å². The number of carbonyl (C=O) groups excluding carboxylic acids is 1. The highest BCUT2D eigenvalue weighted by atomic mass is 35.5. The highest BCUT2D eigenvalue weighted by Crippen LogP contribution is 2.26. The average Bonchev–Trinajstić information content (AvgIpc) is 3.24. The second-order valence-corrected chi connectivity index (χ2v) is 7.91. The molecule has 148 valence electrons. The maximum atomic E-state index is 12.8. The zero-order chi connectivity index (χ0) is 20.4. The number of ether oxygens (including phenoxy) is 1. The lowest BCUT2D eigenvalue weighted by molar-refractivity contribution is 0.102. The number of hydrogen-bond acceptors (Lipinski definition) is 5. The van der Waals surface area contributed by atoms with E-state index in [9.17, 15) is 4.79 Å². The van der Waals surface area contributed by atoms with Crippen molar-refractivity contribution in [1.29, 1.82) is 0 Å². The Morgan fingerprint density at radius 1 is 1.17 bits per heavy atom. The fourth-order valence-corrected chi connectivity index (χ4v) is 4.13.